The van der Waals surface area contributed by atoms with Crippen molar-refractivity contribution in [3.05, 3.63) is 22.2 Å². The second kappa shape index (κ2) is 7.34. The number of methoxy groups -OCH3 is 2. The third kappa shape index (κ3) is 3.62. The molecule has 0 bridgehead atoms. The molecule has 1 aliphatic heterocycles. The molecule has 1 aromatic carbocycles. The summed E-state index contributed by atoms with van der Waals surface area (Å²) in [5.41, 5.74) is 2.14. The minimum atomic E-state index is 0.346. The highest BCUT2D eigenvalue weighted by atomic mass is 35.5. The van der Waals surface area contributed by atoms with Crippen LogP contribution in [0.5, 0.6) is 11.5 Å². The van der Waals surface area contributed by atoms with Crippen LogP contribution in [0, 0.1) is 0 Å². The summed E-state index contributed by atoms with van der Waals surface area (Å²) >= 11 is 6.66. The van der Waals surface area contributed by atoms with E-state index in [4.69, 9.17) is 21.1 Å². The van der Waals surface area contributed by atoms with E-state index in [9.17, 15) is 0 Å². The Morgan fingerprint density at radius 2 is 1.90 bits per heavy atom. The third-order valence-electron chi connectivity index (χ3n) is 3.94. The highest BCUT2D eigenvalue weighted by Gasteiger charge is 2.22. The maximum atomic E-state index is 6.66. The highest BCUT2D eigenvalue weighted by molar-refractivity contribution is 6.32. The van der Waals surface area contributed by atoms with Crippen LogP contribution in [0.15, 0.2) is 6.07 Å². The van der Waals surface area contributed by atoms with E-state index in [1.807, 2.05) is 6.07 Å². The van der Waals surface area contributed by atoms with Crippen molar-refractivity contribution in [2.24, 2.45) is 0 Å². The molecule has 2 rings (SSSR count). The monoisotopic (exact) mass is 312 g/mol. The predicted molar refractivity (Wildman–Crippen MR) is 86.8 cm³/mol. The second-order valence-electron chi connectivity index (χ2n) is 5.67. The Kier molecular flexibility index (Phi) is 5.73. The van der Waals surface area contributed by atoms with Gasteiger partial charge in [-0.2, -0.15) is 0 Å². The van der Waals surface area contributed by atoms with Crippen molar-refractivity contribution in [1.29, 1.82) is 0 Å². The number of rotatable bonds is 5. The molecule has 1 aliphatic rings. The van der Waals surface area contributed by atoms with Crippen molar-refractivity contribution in [3.8, 4) is 11.5 Å². The lowest BCUT2D eigenvalue weighted by molar-refractivity contribution is 0.229. The van der Waals surface area contributed by atoms with Gasteiger partial charge in [0.1, 0.15) is 0 Å². The van der Waals surface area contributed by atoms with Gasteiger partial charge in [-0.3, -0.25) is 4.90 Å². The fraction of sp³-hybridized carbons (Fsp3) is 0.625. The highest BCUT2D eigenvalue weighted by Crippen LogP contribution is 2.41. The van der Waals surface area contributed by atoms with Gasteiger partial charge in [0.2, 0.25) is 0 Å². The minimum absolute atomic E-state index is 0.346. The molecule has 0 radical (unpaired) electrons. The molecule has 1 aromatic rings. The van der Waals surface area contributed by atoms with Crippen molar-refractivity contribution in [2.45, 2.75) is 26.3 Å². The summed E-state index contributed by atoms with van der Waals surface area (Å²) in [7, 11) is 3.34. The van der Waals surface area contributed by atoms with E-state index >= 15 is 0 Å². The van der Waals surface area contributed by atoms with Crippen molar-refractivity contribution < 1.29 is 9.47 Å². The van der Waals surface area contributed by atoms with E-state index in [0.717, 1.165) is 60.4 Å². The summed E-state index contributed by atoms with van der Waals surface area (Å²) in [6, 6.07) is 1.99. The second-order valence-corrected chi connectivity index (χ2v) is 6.05. The molecule has 1 heterocycles. The Labute approximate surface area is 132 Å². The van der Waals surface area contributed by atoms with Gasteiger partial charge in [0.15, 0.2) is 11.5 Å². The molecule has 4 nitrogen and oxygen atoms in total. The normalized spacial score (nSPS) is 16.3. The molecule has 5 heteroatoms. The molecule has 0 aromatic heterocycles. The molecule has 0 atom stereocenters. The minimum Gasteiger partial charge on any atom is -0.493 e. The number of nitrogens with zero attached hydrogens (tertiary/aromatic N) is 1. The van der Waals surface area contributed by atoms with Crippen molar-refractivity contribution in [2.75, 3.05) is 40.4 Å². The van der Waals surface area contributed by atoms with E-state index in [-0.39, 0.29) is 0 Å². The van der Waals surface area contributed by atoms with Crippen LogP contribution in [-0.2, 0) is 6.54 Å². The van der Waals surface area contributed by atoms with Gasteiger partial charge in [-0.05, 0) is 17.5 Å². The Balaban J connectivity index is 2.41. The molecule has 21 heavy (non-hydrogen) atoms. The zero-order chi connectivity index (χ0) is 15.4. The summed E-state index contributed by atoms with van der Waals surface area (Å²) in [5, 5.41) is 4.17. The van der Waals surface area contributed by atoms with Crippen LogP contribution in [-0.4, -0.2) is 45.3 Å². The summed E-state index contributed by atoms with van der Waals surface area (Å²) in [5.74, 6) is 1.86. The molecule has 1 N–H and O–H groups in total. The Morgan fingerprint density at radius 3 is 2.43 bits per heavy atom. The standard InChI is InChI=1S/C16H25ClN2O2/c1-11(2)12-9-14(20-3)16(21-4)13(15(12)17)10-19-7-5-18-6-8-19/h9,11,18H,5-8,10H2,1-4H3. The average molecular weight is 313 g/mol. The Morgan fingerprint density at radius 1 is 1.24 bits per heavy atom. The summed E-state index contributed by atoms with van der Waals surface area (Å²) < 4.78 is 11.1. The number of piperazine rings is 1. The molecule has 118 valence electrons. The Hall–Kier alpha value is -0.970. The van der Waals surface area contributed by atoms with Gasteiger partial charge >= 0.3 is 0 Å². The lowest BCUT2D eigenvalue weighted by Crippen LogP contribution is -2.43. The summed E-state index contributed by atoms with van der Waals surface area (Å²) in [6.07, 6.45) is 0. The Bertz CT molecular complexity index is 486. The predicted octanol–water partition coefficient (Wildman–Crippen LogP) is 2.89. The molecule has 0 spiro atoms. The first-order valence-electron chi connectivity index (χ1n) is 7.44. The van der Waals surface area contributed by atoms with Gasteiger partial charge < -0.3 is 14.8 Å². The van der Waals surface area contributed by atoms with Crippen LogP contribution in [0.3, 0.4) is 0 Å². The lowest BCUT2D eigenvalue weighted by Gasteiger charge is -2.29. The summed E-state index contributed by atoms with van der Waals surface area (Å²) in [4.78, 5) is 2.39. The maximum Gasteiger partial charge on any atom is 0.166 e. The molecule has 0 amide bonds. The van der Waals surface area contributed by atoms with Crippen LogP contribution in [0.4, 0.5) is 0 Å². The topological polar surface area (TPSA) is 33.7 Å². The molecule has 0 aliphatic carbocycles. The van der Waals surface area contributed by atoms with E-state index in [2.05, 4.69) is 24.1 Å². The zero-order valence-corrected chi connectivity index (χ0v) is 14.1. The average Bonchev–Trinajstić information content (AvgIpc) is 2.49. The SMILES string of the molecule is COc1cc(C(C)C)c(Cl)c(CN2CCNCC2)c1OC. The van der Waals surface area contributed by atoms with Gasteiger partial charge in [0, 0.05) is 38.3 Å². The first kappa shape index (κ1) is 16.4. The van der Waals surface area contributed by atoms with Gasteiger partial charge in [-0.15, -0.1) is 0 Å². The lowest BCUT2D eigenvalue weighted by atomic mass is 9.98. The van der Waals surface area contributed by atoms with Gasteiger partial charge in [-0.25, -0.2) is 0 Å². The molecule has 0 unspecified atom stereocenters. The van der Waals surface area contributed by atoms with Crippen LogP contribution < -0.4 is 14.8 Å². The fourth-order valence-corrected chi connectivity index (χ4v) is 3.14. The molecule has 1 fully saturated rings. The van der Waals surface area contributed by atoms with Gasteiger partial charge in [0.25, 0.3) is 0 Å². The van der Waals surface area contributed by atoms with Gasteiger partial charge in [0.05, 0.1) is 19.2 Å². The number of nitrogens with one attached hydrogen (secondary N) is 1. The molecular formula is C16H25ClN2O2. The first-order valence-corrected chi connectivity index (χ1v) is 7.82. The quantitative estimate of drug-likeness (QED) is 0.906. The van der Waals surface area contributed by atoms with E-state index < -0.39 is 0 Å². The third-order valence-corrected chi connectivity index (χ3v) is 4.39. The number of hydrogen-bond acceptors (Lipinski definition) is 4. The number of halogens is 1. The molecular weight excluding hydrogens is 288 g/mol. The molecule has 1 saturated heterocycles. The van der Waals surface area contributed by atoms with Crippen molar-refractivity contribution in [1.82, 2.24) is 10.2 Å². The first-order chi connectivity index (χ1) is 10.1. The number of benzene rings is 1. The zero-order valence-electron chi connectivity index (χ0n) is 13.3. The van der Waals surface area contributed by atoms with Gasteiger partial charge in [-0.1, -0.05) is 25.4 Å². The van der Waals surface area contributed by atoms with Crippen LogP contribution >= 0.6 is 11.6 Å². The fourth-order valence-electron chi connectivity index (χ4n) is 2.72. The van der Waals surface area contributed by atoms with Crippen molar-refractivity contribution >= 4 is 11.6 Å². The van der Waals surface area contributed by atoms with E-state index in [0.29, 0.717) is 5.92 Å². The smallest absolute Gasteiger partial charge is 0.166 e. The van der Waals surface area contributed by atoms with Crippen LogP contribution in [0.2, 0.25) is 5.02 Å². The van der Waals surface area contributed by atoms with Crippen molar-refractivity contribution in [3.63, 3.8) is 0 Å². The number of hydrogen-bond donors (Lipinski definition) is 1. The van der Waals surface area contributed by atoms with E-state index in [1.165, 1.54) is 0 Å². The maximum absolute atomic E-state index is 6.66. The molecule has 0 saturated carbocycles. The largest absolute Gasteiger partial charge is 0.493 e. The van der Waals surface area contributed by atoms with Crippen LogP contribution in [0.1, 0.15) is 30.9 Å². The van der Waals surface area contributed by atoms with E-state index in [1.54, 1.807) is 14.2 Å². The number of ether oxygens (including phenoxy) is 2. The van der Waals surface area contributed by atoms with Crippen LogP contribution in [0.25, 0.3) is 0 Å². The summed E-state index contributed by atoms with van der Waals surface area (Å²) in [6.45, 7) is 9.15.